The number of amides is 1. The fourth-order valence-electron chi connectivity index (χ4n) is 4.36. The second-order valence-corrected chi connectivity index (χ2v) is 8.52. The molecule has 0 fully saturated rings. The highest BCUT2D eigenvalue weighted by Crippen LogP contribution is 2.33. The number of carbonyl (C=O) groups is 1. The number of fused-ring (bicyclic) bond motifs is 1. The Bertz CT molecular complexity index is 1160. The lowest BCUT2D eigenvalue weighted by Gasteiger charge is -2.28. The second kappa shape index (κ2) is 9.01. The predicted molar refractivity (Wildman–Crippen MR) is 125 cm³/mol. The van der Waals surface area contributed by atoms with Crippen LogP contribution in [-0.4, -0.2) is 22.5 Å². The van der Waals surface area contributed by atoms with Crippen LogP contribution in [0.1, 0.15) is 34.7 Å². The van der Waals surface area contributed by atoms with E-state index in [0.29, 0.717) is 31.0 Å². The van der Waals surface area contributed by atoms with Gasteiger partial charge in [-0.05, 0) is 35.4 Å². The van der Waals surface area contributed by atoms with E-state index in [1.54, 1.807) is 0 Å². The first-order chi connectivity index (χ1) is 15.7. The number of carbonyl (C=O) groups excluding carboxylic acids is 1. The van der Waals surface area contributed by atoms with Crippen LogP contribution in [0.25, 0.3) is 11.3 Å². The molecular formula is C27H23ClN2O2. The largest absolute Gasteiger partial charge is 0.356 e. The standard InChI is InChI=1S/C27H23ClN2O2/c28-22-13-11-21(12-14-22)27-24-18-30(16-15-25(24)29-32-27)26(31)17-23(19-7-3-1-4-8-19)20-9-5-2-6-10-20/h1-14,23H,15-18H2. The molecule has 1 amide bonds. The first-order valence-corrected chi connectivity index (χ1v) is 11.2. The van der Waals surface area contributed by atoms with Crippen molar-refractivity contribution >= 4 is 17.5 Å². The Kier molecular flexibility index (Phi) is 5.78. The zero-order chi connectivity index (χ0) is 21.9. The summed E-state index contributed by atoms with van der Waals surface area (Å²) in [6.07, 6.45) is 1.12. The molecule has 0 saturated carbocycles. The van der Waals surface area contributed by atoms with Gasteiger partial charge in [0.15, 0.2) is 5.76 Å². The molecule has 0 atom stereocenters. The van der Waals surface area contributed by atoms with Crippen LogP contribution in [0.15, 0.2) is 89.5 Å². The first-order valence-electron chi connectivity index (χ1n) is 10.8. The third kappa shape index (κ3) is 4.19. The van der Waals surface area contributed by atoms with Gasteiger partial charge in [-0.2, -0.15) is 0 Å². The molecule has 3 aromatic carbocycles. The Morgan fingerprint density at radius 1 is 0.938 bits per heavy atom. The van der Waals surface area contributed by atoms with Crippen LogP contribution in [-0.2, 0) is 17.8 Å². The lowest BCUT2D eigenvalue weighted by molar-refractivity contribution is -0.132. The van der Waals surface area contributed by atoms with Crippen molar-refractivity contribution in [2.75, 3.05) is 6.54 Å². The molecule has 5 heteroatoms. The minimum Gasteiger partial charge on any atom is -0.356 e. The van der Waals surface area contributed by atoms with Crippen LogP contribution in [0.5, 0.6) is 0 Å². The Labute approximate surface area is 192 Å². The maximum absolute atomic E-state index is 13.4. The summed E-state index contributed by atoms with van der Waals surface area (Å²) in [7, 11) is 0. The molecule has 4 aromatic rings. The first kappa shape index (κ1) is 20.5. The van der Waals surface area contributed by atoms with Crippen LogP contribution in [0.3, 0.4) is 0 Å². The highest BCUT2D eigenvalue weighted by molar-refractivity contribution is 6.30. The van der Waals surface area contributed by atoms with Crippen LogP contribution in [0, 0.1) is 0 Å². The molecule has 0 bridgehead atoms. The number of hydrogen-bond donors (Lipinski definition) is 0. The average Bonchev–Trinajstić information content (AvgIpc) is 3.27. The van der Waals surface area contributed by atoms with Gasteiger partial charge in [0.2, 0.25) is 5.91 Å². The summed E-state index contributed by atoms with van der Waals surface area (Å²) >= 11 is 6.03. The van der Waals surface area contributed by atoms with Gasteiger partial charge in [-0.3, -0.25) is 4.79 Å². The van der Waals surface area contributed by atoms with Crippen molar-refractivity contribution in [1.29, 1.82) is 0 Å². The van der Waals surface area contributed by atoms with Gasteiger partial charge >= 0.3 is 0 Å². The summed E-state index contributed by atoms with van der Waals surface area (Å²) in [5.74, 6) is 0.873. The summed E-state index contributed by atoms with van der Waals surface area (Å²) in [4.78, 5) is 15.4. The van der Waals surface area contributed by atoms with Crippen molar-refractivity contribution in [2.45, 2.75) is 25.3 Å². The van der Waals surface area contributed by atoms with E-state index in [-0.39, 0.29) is 11.8 Å². The molecule has 0 N–H and O–H groups in total. The Hall–Kier alpha value is -3.37. The fourth-order valence-corrected chi connectivity index (χ4v) is 4.48. The number of hydrogen-bond acceptors (Lipinski definition) is 3. The second-order valence-electron chi connectivity index (χ2n) is 8.09. The van der Waals surface area contributed by atoms with Gasteiger partial charge in [0.05, 0.1) is 12.2 Å². The van der Waals surface area contributed by atoms with Crippen molar-refractivity contribution < 1.29 is 9.32 Å². The van der Waals surface area contributed by atoms with Gasteiger partial charge < -0.3 is 9.42 Å². The minimum absolute atomic E-state index is 0.0181. The van der Waals surface area contributed by atoms with Crippen molar-refractivity contribution in [3.63, 3.8) is 0 Å². The maximum atomic E-state index is 13.4. The zero-order valence-corrected chi connectivity index (χ0v) is 18.3. The van der Waals surface area contributed by atoms with Crippen molar-refractivity contribution in [1.82, 2.24) is 10.1 Å². The average molecular weight is 443 g/mol. The molecule has 1 aliphatic rings. The molecule has 0 unspecified atom stereocenters. The zero-order valence-electron chi connectivity index (χ0n) is 17.6. The van der Waals surface area contributed by atoms with E-state index >= 15 is 0 Å². The molecule has 4 nitrogen and oxygen atoms in total. The van der Waals surface area contributed by atoms with Gasteiger partial charge in [0, 0.05) is 41.5 Å². The molecule has 1 aliphatic heterocycles. The third-order valence-corrected chi connectivity index (χ3v) is 6.33. The molecule has 1 aromatic heterocycles. The van der Waals surface area contributed by atoms with Crippen molar-refractivity contribution in [3.05, 3.63) is 112 Å². The van der Waals surface area contributed by atoms with Gasteiger partial charge in [-0.25, -0.2) is 0 Å². The molecule has 0 aliphatic carbocycles. The third-order valence-electron chi connectivity index (χ3n) is 6.08. The van der Waals surface area contributed by atoms with E-state index in [0.717, 1.165) is 33.7 Å². The topological polar surface area (TPSA) is 46.3 Å². The molecular weight excluding hydrogens is 420 g/mol. The lowest BCUT2D eigenvalue weighted by atomic mass is 9.88. The number of nitrogens with zero attached hydrogens (tertiary/aromatic N) is 2. The highest BCUT2D eigenvalue weighted by atomic mass is 35.5. The quantitative estimate of drug-likeness (QED) is 0.375. The molecule has 0 saturated heterocycles. The van der Waals surface area contributed by atoms with E-state index in [1.807, 2.05) is 65.6 Å². The summed E-state index contributed by atoms with van der Waals surface area (Å²) in [5, 5.41) is 4.93. The Morgan fingerprint density at radius 3 is 2.19 bits per heavy atom. The number of benzene rings is 3. The van der Waals surface area contributed by atoms with E-state index in [4.69, 9.17) is 16.1 Å². The molecule has 160 valence electrons. The van der Waals surface area contributed by atoms with Gasteiger partial charge in [0.1, 0.15) is 0 Å². The summed E-state index contributed by atoms with van der Waals surface area (Å²) in [5.41, 5.74) is 5.14. The monoisotopic (exact) mass is 442 g/mol. The minimum atomic E-state index is 0.0181. The van der Waals surface area contributed by atoms with E-state index < -0.39 is 0 Å². The van der Waals surface area contributed by atoms with E-state index in [9.17, 15) is 4.79 Å². The number of rotatable bonds is 5. The molecule has 2 heterocycles. The van der Waals surface area contributed by atoms with Gasteiger partial charge in [-0.15, -0.1) is 0 Å². The predicted octanol–water partition coefficient (Wildman–Crippen LogP) is 6.10. The maximum Gasteiger partial charge on any atom is 0.223 e. The molecule has 0 radical (unpaired) electrons. The lowest BCUT2D eigenvalue weighted by Crippen LogP contribution is -2.36. The van der Waals surface area contributed by atoms with Crippen LogP contribution in [0.2, 0.25) is 5.02 Å². The van der Waals surface area contributed by atoms with Crippen LogP contribution >= 0.6 is 11.6 Å². The van der Waals surface area contributed by atoms with Gasteiger partial charge in [-0.1, -0.05) is 77.4 Å². The van der Waals surface area contributed by atoms with Crippen molar-refractivity contribution in [2.24, 2.45) is 0 Å². The SMILES string of the molecule is O=C(CC(c1ccccc1)c1ccccc1)N1CCc2noc(-c3ccc(Cl)cc3)c2C1. The van der Waals surface area contributed by atoms with Crippen LogP contribution in [0.4, 0.5) is 0 Å². The molecule has 5 rings (SSSR count). The number of aromatic nitrogens is 1. The smallest absolute Gasteiger partial charge is 0.223 e. The number of halogens is 1. The summed E-state index contributed by atoms with van der Waals surface area (Å²) in [6.45, 7) is 1.15. The van der Waals surface area contributed by atoms with E-state index in [2.05, 4.69) is 29.4 Å². The Balaban J connectivity index is 1.39. The molecule has 0 spiro atoms. The Morgan fingerprint density at radius 2 is 1.56 bits per heavy atom. The summed E-state index contributed by atoms with van der Waals surface area (Å²) < 4.78 is 5.66. The summed E-state index contributed by atoms with van der Waals surface area (Å²) in [6, 6.07) is 28.0. The molecule has 32 heavy (non-hydrogen) atoms. The van der Waals surface area contributed by atoms with E-state index in [1.165, 1.54) is 0 Å². The normalized spacial score (nSPS) is 13.2. The van der Waals surface area contributed by atoms with Crippen molar-refractivity contribution in [3.8, 4) is 11.3 Å². The fraction of sp³-hybridized carbons (Fsp3) is 0.185. The highest BCUT2D eigenvalue weighted by Gasteiger charge is 2.29. The van der Waals surface area contributed by atoms with Gasteiger partial charge in [0.25, 0.3) is 0 Å². The van der Waals surface area contributed by atoms with Crippen LogP contribution < -0.4 is 0 Å².